The highest BCUT2D eigenvalue weighted by Crippen LogP contribution is 2.32. The Kier molecular flexibility index (Phi) is 3.43. The molecule has 0 saturated heterocycles. The average Bonchev–Trinajstić information content (AvgIpc) is 3.23. The van der Waals surface area contributed by atoms with Crippen LogP contribution in [0.3, 0.4) is 0 Å². The summed E-state index contributed by atoms with van der Waals surface area (Å²) in [6.07, 6.45) is 2.06. The number of hydrogen-bond acceptors (Lipinski definition) is 3. The maximum atomic E-state index is 12.2. The minimum Gasteiger partial charge on any atom is -0.321 e. The van der Waals surface area contributed by atoms with Crippen molar-refractivity contribution in [2.24, 2.45) is 16.6 Å². The molecule has 0 bridgehead atoms. The van der Waals surface area contributed by atoms with Crippen molar-refractivity contribution in [1.82, 2.24) is 5.32 Å². The third kappa shape index (κ3) is 2.53. The van der Waals surface area contributed by atoms with Crippen LogP contribution in [0, 0.1) is 5.92 Å². The molecule has 1 aromatic carbocycles. The molecule has 3 rings (SSSR count). The van der Waals surface area contributed by atoms with Gasteiger partial charge in [-0.3, -0.25) is 9.59 Å². The number of nitrogens with one attached hydrogen (secondary N) is 1. The molecule has 1 heterocycles. The maximum Gasteiger partial charge on any atom is 0.264 e. The Morgan fingerprint density at radius 3 is 2.45 bits per heavy atom. The van der Waals surface area contributed by atoms with Crippen molar-refractivity contribution in [1.29, 1.82) is 0 Å². The molecule has 2 unspecified atom stereocenters. The summed E-state index contributed by atoms with van der Waals surface area (Å²) < 4.78 is 0.893. The quantitative estimate of drug-likeness (QED) is 0.817. The van der Waals surface area contributed by atoms with Gasteiger partial charge in [-0.05, 0) is 36.5 Å². The molecule has 0 spiro atoms. The largest absolute Gasteiger partial charge is 0.321 e. The van der Waals surface area contributed by atoms with Gasteiger partial charge in [-0.1, -0.05) is 28.1 Å². The van der Waals surface area contributed by atoms with Crippen molar-refractivity contribution >= 4 is 33.6 Å². The molecule has 0 aromatic heterocycles. The highest BCUT2D eigenvalue weighted by atomic mass is 79.9. The zero-order valence-electron chi connectivity index (χ0n) is 10.7. The summed E-state index contributed by atoms with van der Waals surface area (Å²) in [6, 6.07) is 6.74. The molecule has 3 N–H and O–H groups in total. The summed E-state index contributed by atoms with van der Waals surface area (Å²) in [5.41, 5.74) is 6.62. The molecule has 1 fully saturated rings. The van der Waals surface area contributed by atoms with Gasteiger partial charge in [-0.2, -0.15) is 4.99 Å². The first-order valence-corrected chi connectivity index (χ1v) is 7.30. The van der Waals surface area contributed by atoms with Crippen LogP contribution in [0.5, 0.6) is 0 Å². The molecular weight excluding hydrogens is 322 g/mol. The summed E-state index contributed by atoms with van der Waals surface area (Å²) >= 11 is 3.32. The summed E-state index contributed by atoms with van der Waals surface area (Å²) in [4.78, 5) is 28.3. The van der Waals surface area contributed by atoms with Crippen LogP contribution >= 0.6 is 15.9 Å². The van der Waals surface area contributed by atoms with Gasteiger partial charge in [0.25, 0.3) is 5.91 Å². The van der Waals surface area contributed by atoms with Gasteiger partial charge in [0.05, 0.1) is 6.04 Å². The van der Waals surface area contributed by atoms with Gasteiger partial charge in [-0.15, -0.1) is 0 Å². The van der Waals surface area contributed by atoms with Gasteiger partial charge in [0, 0.05) is 4.47 Å². The Morgan fingerprint density at radius 2 is 1.90 bits per heavy atom. The molecule has 2 atom stereocenters. The van der Waals surface area contributed by atoms with E-state index in [0.717, 1.165) is 17.3 Å². The normalized spacial score (nSPS) is 24.1. The van der Waals surface area contributed by atoms with Crippen LogP contribution in [0.1, 0.15) is 24.3 Å². The second-order valence-electron chi connectivity index (χ2n) is 5.17. The third-order valence-corrected chi connectivity index (χ3v) is 4.17. The molecule has 2 aliphatic rings. The van der Waals surface area contributed by atoms with Crippen LogP contribution in [-0.4, -0.2) is 23.7 Å². The lowest BCUT2D eigenvalue weighted by Gasteiger charge is -2.23. The fourth-order valence-corrected chi connectivity index (χ4v) is 2.57. The molecule has 1 aliphatic carbocycles. The first kappa shape index (κ1) is 13.5. The van der Waals surface area contributed by atoms with E-state index in [-0.39, 0.29) is 11.9 Å². The predicted octanol–water partition coefficient (Wildman–Crippen LogP) is 1.32. The Morgan fingerprint density at radius 1 is 1.25 bits per heavy atom. The van der Waals surface area contributed by atoms with Crippen LogP contribution < -0.4 is 11.1 Å². The minimum atomic E-state index is -0.877. The minimum absolute atomic E-state index is 0.316. The maximum absolute atomic E-state index is 12.2. The highest BCUT2D eigenvalue weighted by Gasteiger charge is 2.39. The number of amidine groups is 1. The summed E-state index contributed by atoms with van der Waals surface area (Å²) in [5.74, 6) is -1.01. The first-order chi connectivity index (χ1) is 9.56. The summed E-state index contributed by atoms with van der Waals surface area (Å²) in [5, 5.41) is 2.68. The first-order valence-electron chi connectivity index (χ1n) is 6.50. The number of carbonyl (C=O) groups excluding carboxylic acids is 2. The highest BCUT2D eigenvalue weighted by molar-refractivity contribution is 9.10. The average molecular weight is 336 g/mol. The topological polar surface area (TPSA) is 84.5 Å². The smallest absolute Gasteiger partial charge is 0.264 e. The molecule has 5 nitrogen and oxygen atoms in total. The Labute approximate surface area is 124 Å². The SMILES string of the molecule is NC(C1=NC(=O)C(c2ccc(Br)cc2)C(=O)N1)C1CC1. The lowest BCUT2D eigenvalue weighted by molar-refractivity contribution is -0.129. The van der Waals surface area contributed by atoms with E-state index in [1.807, 2.05) is 0 Å². The van der Waals surface area contributed by atoms with E-state index in [4.69, 9.17) is 5.73 Å². The third-order valence-electron chi connectivity index (χ3n) is 3.64. The van der Waals surface area contributed by atoms with Crippen molar-refractivity contribution in [2.45, 2.75) is 24.8 Å². The van der Waals surface area contributed by atoms with E-state index in [2.05, 4.69) is 26.2 Å². The monoisotopic (exact) mass is 335 g/mol. The second kappa shape index (κ2) is 5.10. The molecular formula is C14H14BrN3O2. The lowest BCUT2D eigenvalue weighted by atomic mass is 9.95. The van der Waals surface area contributed by atoms with Crippen molar-refractivity contribution in [2.75, 3.05) is 0 Å². The van der Waals surface area contributed by atoms with Gasteiger partial charge < -0.3 is 11.1 Å². The molecule has 0 radical (unpaired) electrons. The number of hydrogen-bond donors (Lipinski definition) is 2. The predicted molar refractivity (Wildman–Crippen MR) is 78.2 cm³/mol. The molecule has 6 heteroatoms. The van der Waals surface area contributed by atoms with E-state index < -0.39 is 11.8 Å². The summed E-state index contributed by atoms with van der Waals surface area (Å²) in [6.45, 7) is 0. The van der Waals surface area contributed by atoms with Gasteiger partial charge >= 0.3 is 0 Å². The second-order valence-corrected chi connectivity index (χ2v) is 6.09. The van der Waals surface area contributed by atoms with Gasteiger partial charge in [0.15, 0.2) is 0 Å². The van der Waals surface area contributed by atoms with Crippen LogP contribution in [0.25, 0.3) is 0 Å². The van der Waals surface area contributed by atoms with Crippen molar-refractivity contribution < 1.29 is 9.59 Å². The molecule has 2 amide bonds. The fraction of sp³-hybridized carbons (Fsp3) is 0.357. The number of halogens is 1. The van der Waals surface area contributed by atoms with Gasteiger partial charge in [-0.25, -0.2) is 0 Å². The Bertz CT molecular complexity index is 593. The van der Waals surface area contributed by atoms with Crippen LogP contribution in [0.2, 0.25) is 0 Å². The van der Waals surface area contributed by atoms with E-state index in [9.17, 15) is 9.59 Å². The number of nitrogens with zero attached hydrogens (tertiary/aromatic N) is 1. The Hall–Kier alpha value is -1.53. The standard InChI is InChI=1S/C14H14BrN3O2/c15-9-5-3-7(4-6-9)10-13(19)17-12(18-14(10)20)11(16)8-1-2-8/h3-6,8,10-11H,1-2,16H2,(H,17,18,19,20). The van der Waals surface area contributed by atoms with E-state index in [0.29, 0.717) is 17.3 Å². The number of carbonyl (C=O) groups is 2. The number of aliphatic imine (C=N–C) groups is 1. The number of nitrogens with two attached hydrogens (primary N) is 1. The van der Waals surface area contributed by atoms with Crippen molar-refractivity contribution in [3.05, 3.63) is 34.3 Å². The molecule has 20 heavy (non-hydrogen) atoms. The zero-order chi connectivity index (χ0) is 14.3. The fourth-order valence-electron chi connectivity index (χ4n) is 2.31. The molecule has 1 aliphatic heterocycles. The van der Waals surface area contributed by atoms with Crippen molar-refractivity contribution in [3.8, 4) is 0 Å². The molecule has 104 valence electrons. The lowest BCUT2D eigenvalue weighted by Crippen LogP contribution is -2.51. The van der Waals surface area contributed by atoms with Gasteiger partial charge in [0.2, 0.25) is 5.91 Å². The van der Waals surface area contributed by atoms with E-state index in [1.54, 1.807) is 24.3 Å². The number of benzene rings is 1. The molecule has 1 saturated carbocycles. The van der Waals surface area contributed by atoms with Gasteiger partial charge in [0.1, 0.15) is 11.8 Å². The van der Waals surface area contributed by atoms with E-state index >= 15 is 0 Å². The zero-order valence-corrected chi connectivity index (χ0v) is 12.3. The Balaban J connectivity index is 1.86. The van der Waals surface area contributed by atoms with Crippen LogP contribution in [0.4, 0.5) is 0 Å². The van der Waals surface area contributed by atoms with Crippen LogP contribution in [-0.2, 0) is 9.59 Å². The summed E-state index contributed by atoms with van der Waals surface area (Å²) in [7, 11) is 0. The number of amides is 2. The van der Waals surface area contributed by atoms with Crippen molar-refractivity contribution in [3.63, 3.8) is 0 Å². The van der Waals surface area contributed by atoms with Crippen LogP contribution in [0.15, 0.2) is 33.7 Å². The molecule has 1 aromatic rings. The number of rotatable bonds is 3. The van der Waals surface area contributed by atoms with E-state index in [1.165, 1.54) is 0 Å².